The zero-order valence-corrected chi connectivity index (χ0v) is 12.0. The second kappa shape index (κ2) is 7.52. The molecule has 1 rings (SSSR count). The predicted octanol–water partition coefficient (Wildman–Crippen LogP) is 3.97. The van der Waals surface area contributed by atoms with Crippen LogP contribution in [0.15, 0.2) is 35.5 Å². The van der Waals surface area contributed by atoms with Gasteiger partial charge in [0.05, 0.1) is 6.21 Å². The molecule has 1 aromatic rings. The Morgan fingerprint density at radius 2 is 2.05 bits per heavy atom. The summed E-state index contributed by atoms with van der Waals surface area (Å²) < 4.78 is 0. The highest BCUT2D eigenvalue weighted by Crippen LogP contribution is 2.19. The van der Waals surface area contributed by atoms with Gasteiger partial charge in [0, 0.05) is 6.42 Å². The molecule has 0 N–H and O–H groups in total. The SMILES string of the molecule is CCC(=O)O/N=C/C(=C/C(C)C)c1ccccc1C. The molecule has 0 saturated heterocycles. The highest BCUT2D eigenvalue weighted by Gasteiger charge is 2.04. The maximum atomic E-state index is 11.1. The van der Waals surface area contributed by atoms with Gasteiger partial charge in [-0.3, -0.25) is 0 Å². The smallest absolute Gasteiger partial charge is 0.318 e. The molecular formula is C16H21NO2. The number of carbonyl (C=O) groups excluding carboxylic acids is 1. The van der Waals surface area contributed by atoms with E-state index >= 15 is 0 Å². The van der Waals surface area contributed by atoms with E-state index in [-0.39, 0.29) is 5.97 Å². The van der Waals surface area contributed by atoms with E-state index in [1.54, 1.807) is 13.1 Å². The molecule has 0 spiro atoms. The largest absolute Gasteiger partial charge is 0.334 e. The molecule has 0 aliphatic carbocycles. The summed E-state index contributed by atoms with van der Waals surface area (Å²) in [6.07, 6.45) is 4.03. The Morgan fingerprint density at radius 1 is 1.37 bits per heavy atom. The standard InChI is InChI=1S/C16H21NO2/c1-5-16(18)19-17-11-14(10-12(2)3)15-9-7-6-8-13(15)4/h6-12H,5H2,1-4H3/b14-10-,17-11+. The van der Waals surface area contributed by atoms with E-state index in [0.29, 0.717) is 12.3 Å². The van der Waals surface area contributed by atoms with Gasteiger partial charge in [-0.1, -0.05) is 56.3 Å². The number of benzene rings is 1. The average Bonchev–Trinajstić information content (AvgIpc) is 2.37. The molecule has 0 radical (unpaired) electrons. The van der Waals surface area contributed by atoms with Crippen LogP contribution in [-0.2, 0) is 9.63 Å². The minimum Gasteiger partial charge on any atom is -0.318 e. The van der Waals surface area contributed by atoms with Crippen molar-refractivity contribution in [1.29, 1.82) is 0 Å². The average molecular weight is 259 g/mol. The molecule has 0 aliphatic rings. The number of carbonyl (C=O) groups is 1. The van der Waals surface area contributed by atoms with Crippen LogP contribution in [0.4, 0.5) is 0 Å². The van der Waals surface area contributed by atoms with E-state index in [0.717, 1.165) is 11.1 Å². The summed E-state index contributed by atoms with van der Waals surface area (Å²) in [5, 5.41) is 3.77. The third-order valence-electron chi connectivity index (χ3n) is 2.60. The lowest BCUT2D eigenvalue weighted by atomic mass is 9.98. The summed E-state index contributed by atoms with van der Waals surface area (Å²) >= 11 is 0. The van der Waals surface area contributed by atoms with E-state index in [2.05, 4.69) is 38.1 Å². The van der Waals surface area contributed by atoms with Crippen molar-refractivity contribution < 1.29 is 9.63 Å². The summed E-state index contributed by atoms with van der Waals surface area (Å²) in [5.41, 5.74) is 3.24. The second-order valence-corrected chi connectivity index (χ2v) is 4.73. The van der Waals surface area contributed by atoms with Crippen LogP contribution in [0.25, 0.3) is 5.57 Å². The van der Waals surface area contributed by atoms with Crippen molar-refractivity contribution in [2.24, 2.45) is 11.1 Å². The van der Waals surface area contributed by atoms with Crippen LogP contribution in [0.1, 0.15) is 38.3 Å². The summed E-state index contributed by atoms with van der Waals surface area (Å²) in [6.45, 7) is 7.99. The van der Waals surface area contributed by atoms with Crippen LogP contribution >= 0.6 is 0 Å². The van der Waals surface area contributed by atoms with Crippen LogP contribution in [0.2, 0.25) is 0 Å². The van der Waals surface area contributed by atoms with Crippen molar-refractivity contribution in [3.63, 3.8) is 0 Å². The minimum atomic E-state index is -0.329. The maximum absolute atomic E-state index is 11.1. The molecule has 0 aromatic heterocycles. The lowest BCUT2D eigenvalue weighted by Gasteiger charge is -2.07. The lowest BCUT2D eigenvalue weighted by molar-refractivity contribution is -0.143. The zero-order chi connectivity index (χ0) is 14.3. The summed E-state index contributed by atoms with van der Waals surface area (Å²) in [5.74, 6) is 0.0628. The topological polar surface area (TPSA) is 38.7 Å². The fourth-order valence-corrected chi connectivity index (χ4v) is 1.66. The lowest BCUT2D eigenvalue weighted by Crippen LogP contribution is -1.98. The molecule has 102 valence electrons. The van der Waals surface area contributed by atoms with Crippen LogP contribution < -0.4 is 0 Å². The van der Waals surface area contributed by atoms with Gasteiger partial charge in [-0.15, -0.1) is 0 Å². The van der Waals surface area contributed by atoms with E-state index in [1.165, 1.54) is 5.56 Å². The van der Waals surface area contributed by atoms with E-state index in [1.807, 2.05) is 18.2 Å². The van der Waals surface area contributed by atoms with E-state index < -0.39 is 0 Å². The highest BCUT2D eigenvalue weighted by atomic mass is 16.7. The summed E-state index contributed by atoms with van der Waals surface area (Å²) in [4.78, 5) is 15.8. The van der Waals surface area contributed by atoms with Crippen LogP contribution in [0.5, 0.6) is 0 Å². The number of allylic oxidation sites excluding steroid dienone is 2. The molecule has 0 unspecified atom stereocenters. The van der Waals surface area contributed by atoms with Crippen molar-refractivity contribution in [2.75, 3.05) is 0 Å². The predicted molar refractivity (Wildman–Crippen MR) is 78.9 cm³/mol. The second-order valence-electron chi connectivity index (χ2n) is 4.73. The van der Waals surface area contributed by atoms with Crippen molar-refractivity contribution in [2.45, 2.75) is 34.1 Å². The maximum Gasteiger partial charge on any atom is 0.334 e. The van der Waals surface area contributed by atoms with Gasteiger partial charge >= 0.3 is 5.97 Å². The van der Waals surface area contributed by atoms with Gasteiger partial charge in [-0.25, -0.2) is 4.79 Å². The van der Waals surface area contributed by atoms with Crippen molar-refractivity contribution >= 4 is 17.8 Å². The fraction of sp³-hybridized carbons (Fsp3) is 0.375. The molecule has 0 atom stereocenters. The number of hydrogen-bond donors (Lipinski definition) is 0. The van der Waals surface area contributed by atoms with Crippen LogP contribution in [-0.4, -0.2) is 12.2 Å². The van der Waals surface area contributed by atoms with Gasteiger partial charge in [0.1, 0.15) is 0 Å². The molecule has 1 aromatic carbocycles. The third-order valence-corrected chi connectivity index (χ3v) is 2.60. The fourth-order valence-electron chi connectivity index (χ4n) is 1.66. The van der Waals surface area contributed by atoms with Gasteiger partial charge in [-0.05, 0) is 29.5 Å². The first kappa shape index (κ1) is 15.2. The third kappa shape index (κ3) is 5.08. The van der Waals surface area contributed by atoms with Crippen LogP contribution in [0, 0.1) is 12.8 Å². The van der Waals surface area contributed by atoms with Gasteiger partial charge in [-0.2, -0.15) is 0 Å². The molecule has 19 heavy (non-hydrogen) atoms. The first-order valence-electron chi connectivity index (χ1n) is 6.55. The zero-order valence-electron chi connectivity index (χ0n) is 12.0. The Labute approximate surface area is 115 Å². The molecular weight excluding hydrogens is 238 g/mol. The highest BCUT2D eigenvalue weighted by molar-refractivity contribution is 6.10. The van der Waals surface area contributed by atoms with Crippen molar-refractivity contribution in [1.82, 2.24) is 0 Å². The van der Waals surface area contributed by atoms with Crippen molar-refractivity contribution in [3.05, 3.63) is 41.5 Å². The summed E-state index contributed by atoms with van der Waals surface area (Å²) in [6, 6.07) is 8.08. The molecule has 0 saturated carbocycles. The number of oxime groups is 1. The van der Waals surface area contributed by atoms with E-state index in [4.69, 9.17) is 4.84 Å². The number of hydrogen-bond acceptors (Lipinski definition) is 3. The first-order chi connectivity index (χ1) is 9.04. The quantitative estimate of drug-likeness (QED) is 0.456. The van der Waals surface area contributed by atoms with Gasteiger partial charge in [0.2, 0.25) is 0 Å². The normalized spacial score (nSPS) is 12.2. The molecule has 0 heterocycles. The Hall–Kier alpha value is -1.90. The monoisotopic (exact) mass is 259 g/mol. The molecule has 0 amide bonds. The number of rotatable bonds is 5. The molecule has 3 nitrogen and oxygen atoms in total. The van der Waals surface area contributed by atoms with Gasteiger partial charge in [0.25, 0.3) is 0 Å². The minimum absolute atomic E-state index is 0.324. The Kier molecular flexibility index (Phi) is 6.00. The molecule has 3 heteroatoms. The number of aryl methyl sites for hydroxylation is 1. The van der Waals surface area contributed by atoms with E-state index in [9.17, 15) is 4.79 Å². The Balaban J connectivity index is 2.98. The Bertz CT molecular complexity index is 487. The van der Waals surface area contributed by atoms with Gasteiger partial charge in [0.15, 0.2) is 0 Å². The summed E-state index contributed by atoms with van der Waals surface area (Å²) in [7, 11) is 0. The van der Waals surface area contributed by atoms with Gasteiger partial charge < -0.3 is 4.84 Å². The van der Waals surface area contributed by atoms with Crippen LogP contribution in [0.3, 0.4) is 0 Å². The van der Waals surface area contributed by atoms with Crippen molar-refractivity contribution in [3.8, 4) is 0 Å². The Morgan fingerprint density at radius 3 is 2.63 bits per heavy atom. The molecule has 0 aliphatic heterocycles. The number of nitrogens with zero attached hydrogens (tertiary/aromatic N) is 1. The molecule has 0 fully saturated rings. The first-order valence-corrected chi connectivity index (χ1v) is 6.55. The molecule has 0 bridgehead atoms.